The Labute approximate surface area is 147 Å². The number of fused-ring (bicyclic) bond motifs is 1. The third kappa shape index (κ3) is 3.28. The standard InChI is InChI=1S/C20H22N4O/c1-15-5-4-6-16(13-15)14-23-9-11-24(12-10-23)20(25)19-17-7-2-3-8-18(17)21-22-19/h2-8,13H,9-12,14H2,1H3,(H,21,22)/p+1. The number of para-hydroxylation sites is 1. The van der Waals surface area contributed by atoms with E-state index in [1.165, 1.54) is 16.0 Å². The Morgan fingerprint density at radius 1 is 1.16 bits per heavy atom. The molecule has 1 fully saturated rings. The van der Waals surface area contributed by atoms with E-state index in [9.17, 15) is 4.79 Å². The Morgan fingerprint density at radius 2 is 1.96 bits per heavy atom. The number of aromatic nitrogens is 2. The monoisotopic (exact) mass is 335 g/mol. The maximum absolute atomic E-state index is 12.8. The molecule has 1 aliphatic rings. The van der Waals surface area contributed by atoms with Crippen molar-refractivity contribution in [3.05, 3.63) is 65.4 Å². The van der Waals surface area contributed by atoms with Gasteiger partial charge in [0.2, 0.25) is 0 Å². The first-order chi connectivity index (χ1) is 12.2. The van der Waals surface area contributed by atoms with E-state index in [4.69, 9.17) is 0 Å². The zero-order valence-electron chi connectivity index (χ0n) is 14.5. The first-order valence-corrected chi connectivity index (χ1v) is 8.82. The van der Waals surface area contributed by atoms with Crippen LogP contribution in [-0.4, -0.2) is 47.2 Å². The molecule has 0 atom stereocenters. The molecule has 2 heterocycles. The van der Waals surface area contributed by atoms with Gasteiger partial charge in [-0.15, -0.1) is 0 Å². The lowest BCUT2D eigenvalue weighted by Gasteiger charge is -2.32. The van der Waals surface area contributed by atoms with Crippen LogP contribution in [0.15, 0.2) is 48.5 Å². The van der Waals surface area contributed by atoms with Gasteiger partial charge in [-0.3, -0.25) is 9.89 Å². The van der Waals surface area contributed by atoms with E-state index in [1.807, 2.05) is 29.2 Å². The lowest BCUT2D eigenvalue weighted by atomic mass is 10.1. The second kappa shape index (κ2) is 6.69. The van der Waals surface area contributed by atoms with Crippen LogP contribution >= 0.6 is 0 Å². The summed E-state index contributed by atoms with van der Waals surface area (Å²) >= 11 is 0. The number of piperazine rings is 1. The molecule has 0 saturated carbocycles. The van der Waals surface area contributed by atoms with Crippen molar-refractivity contribution in [2.45, 2.75) is 13.5 Å². The molecule has 0 unspecified atom stereocenters. The lowest BCUT2D eigenvalue weighted by Crippen LogP contribution is -3.13. The van der Waals surface area contributed by atoms with E-state index in [0.717, 1.165) is 43.6 Å². The highest BCUT2D eigenvalue weighted by atomic mass is 16.2. The van der Waals surface area contributed by atoms with Crippen molar-refractivity contribution < 1.29 is 9.69 Å². The van der Waals surface area contributed by atoms with Gasteiger partial charge in [0.05, 0.1) is 31.7 Å². The van der Waals surface area contributed by atoms with Gasteiger partial charge in [0.25, 0.3) is 5.91 Å². The van der Waals surface area contributed by atoms with Crippen molar-refractivity contribution in [3.63, 3.8) is 0 Å². The van der Waals surface area contributed by atoms with Crippen molar-refractivity contribution in [2.24, 2.45) is 0 Å². The van der Waals surface area contributed by atoms with Crippen LogP contribution in [0, 0.1) is 6.92 Å². The fourth-order valence-corrected chi connectivity index (χ4v) is 3.59. The van der Waals surface area contributed by atoms with Crippen molar-refractivity contribution in [3.8, 4) is 0 Å². The smallest absolute Gasteiger partial charge is 0.275 e. The van der Waals surface area contributed by atoms with E-state index in [0.29, 0.717) is 5.69 Å². The van der Waals surface area contributed by atoms with Gasteiger partial charge in [0.1, 0.15) is 6.54 Å². The maximum Gasteiger partial charge on any atom is 0.275 e. The second-order valence-electron chi connectivity index (χ2n) is 6.83. The van der Waals surface area contributed by atoms with Crippen molar-refractivity contribution in [1.82, 2.24) is 15.1 Å². The lowest BCUT2D eigenvalue weighted by molar-refractivity contribution is -0.917. The molecule has 25 heavy (non-hydrogen) atoms. The highest BCUT2D eigenvalue weighted by molar-refractivity contribution is 6.04. The van der Waals surface area contributed by atoms with Gasteiger partial charge in [0.15, 0.2) is 5.69 Å². The number of nitrogens with one attached hydrogen (secondary N) is 2. The largest absolute Gasteiger partial charge is 0.328 e. The van der Waals surface area contributed by atoms with Crippen LogP contribution in [0.4, 0.5) is 0 Å². The van der Waals surface area contributed by atoms with Crippen LogP contribution in [-0.2, 0) is 6.54 Å². The summed E-state index contributed by atoms with van der Waals surface area (Å²) in [6.07, 6.45) is 0. The van der Waals surface area contributed by atoms with Gasteiger partial charge >= 0.3 is 0 Å². The van der Waals surface area contributed by atoms with Crippen LogP contribution in [0.3, 0.4) is 0 Å². The maximum atomic E-state index is 12.8. The van der Waals surface area contributed by atoms with Gasteiger partial charge in [-0.1, -0.05) is 48.0 Å². The minimum atomic E-state index is 0.0343. The molecule has 1 amide bonds. The first-order valence-electron chi connectivity index (χ1n) is 8.82. The molecule has 0 bridgehead atoms. The summed E-state index contributed by atoms with van der Waals surface area (Å²) in [6.45, 7) is 6.66. The van der Waals surface area contributed by atoms with E-state index in [2.05, 4.69) is 41.4 Å². The first kappa shape index (κ1) is 15.8. The summed E-state index contributed by atoms with van der Waals surface area (Å²) in [4.78, 5) is 16.3. The molecule has 2 N–H and O–H groups in total. The fraction of sp³-hybridized carbons (Fsp3) is 0.300. The number of rotatable bonds is 3. The van der Waals surface area contributed by atoms with Crippen molar-refractivity contribution in [1.29, 1.82) is 0 Å². The molecule has 5 nitrogen and oxygen atoms in total. The molecule has 1 saturated heterocycles. The number of nitrogens with zero attached hydrogens (tertiary/aromatic N) is 2. The third-order valence-electron chi connectivity index (χ3n) is 4.97. The molecular weight excluding hydrogens is 312 g/mol. The zero-order valence-corrected chi connectivity index (χ0v) is 14.5. The molecular formula is C20H23N4O+. The number of aryl methyl sites for hydroxylation is 1. The summed E-state index contributed by atoms with van der Waals surface area (Å²) in [5, 5.41) is 8.10. The Morgan fingerprint density at radius 3 is 2.76 bits per heavy atom. The third-order valence-corrected chi connectivity index (χ3v) is 4.97. The van der Waals surface area contributed by atoms with Crippen molar-refractivity contribution in [2.75, 3.05) is 26.2 Å². The topological polar surface area (TPSA) is 53.4 Å². The number of hydrogen-bond acceptors (Lipinski definition) is 2. The Bertz CT molecular complexity index is 893. The Kier molecular flexibility index (Phi) is 4.24. The Hall–Kier alpha value is -2.66. The van der Waals surface area contributed by atoms with E-state index in [-0.39, 0.29) is 5.91 Å². The van der Waals surface area contributed by atoms with E-state index in [1.54, 1.807) is 0 Å². The van der Waals surface area contributed by atoms with Crippen LogP contribution in [0.25, 0.3) is 10.9 Å². The number of amides is 1. The number of benzene rings is 2. The van der Waals surface area contributed by atoms with Crippen LogP contribution in [0.2, 0.25) is 0 Å². The van der Waals surface area contributed by atoms with Crippen LogP contribution in [0.5, 0.6) is 0 Å². The molecule has 128 valence electrons. The number of aromatic amines is 1. The van der Waals surface area contributed by atoms with E-state index >= 15 is 0 Å². The van der Waals surface area contributed by atoms with Gasteiger partial charge < -0.3 is 9.80 Å². The zero-order chi connectivity index (χ0) is 17.2. The minimum absolute atomic E-state index is 0.0343. The number of H-pyrrole nitrogens is 1. The Balaban J connectivity index is 1.40. The number of quaternary nitrogens is 1. The quantitative estimate of drug-likeness (QED) is 0.760. The summed E-state index contributed by atoms with van der Waals surface area (Å²) < 4.78 is 0. The van der Waals surface area contributed by atoms with E-state index < -0.39 is 0 Å². The average molecular weight is 335 g/mol. The van der Waals surface area contributed by atoms with Crippen LogP contribution < -0.4 is 4.90 Å². The summed E-state index contributed by atoms with van der Waals surface area (Å²) in [5.41, 5.74) is 4.12. The molecule has 0 spiro atoms. The molecule has 3 aromatic rings. The fourth-order valence-electron chi connectivity index (χ4n) is 3.59. The minimum Gasteiger partial charge on any atom is -0.328 e. The van der Waals surface area contributed by atoms with Gasteiger partial charge in [-0.05, 0) is 13.0 Å². The predicted octanol–water partition coefficient (Wildman–Crippen LogP) is 1.41. The molecule has 5 heteroatoms. The van der Waals surface area contributed by atoms with Gasteiger partial charge in [-0.2, -0.15) is 5.10 Å². The summed E-state index contributed by atoms with van der Waals surface area (Å²) in [6, 6.07) is 16.5. The molecule has 2 aromatic carbocycles. The molecule has 0 aliphatic carbocycles. The average Bonchev–Trinajstić information content (AvgIpc) is 3.06. The predicted molar refractivity (Wildman–Crippen MR) is 97.6 cm³/mol. The number of hydrogen-bond donors (Lipinski definition) is 2. The number of carbonyl (C=O) groups is 1. The highest BCUT2D eigenvalue weighted by Crippen LogP contribution is 2.16. The molecule has 1 aromatic heterocycles. The molecule has 0 radical (unpaired) electrons. The van der Waals surface area contributed by atoms with Crippen LogP contribution in [0.1, 0.15) is 21.6 Å². The summed E-state index contributed by atoms with van der Waals surface area (Å²) in [7, 11) is 0. The highest BCUT2D eigenvalue weighted by Gasteiger charge is 2.27. The van der Waals surface area contributed by atoms with Gasteiger partial charge in [0, 0.05) is 10.9 Å². The molecule has 4 rings (SSSR count). The van der Waals surface area contributed by atoms with Crippen molar-refractivity contribution >= 4 is 16.8 Å². The summed E-state index contributed by atoms with van der Waals surface area (Å²) in [5.74, 6) is 0.0343. The van der Waals surface area contributed by atoms with Gasteiger partial charge in [-0.25, -0.2) is 0 Å². The molecule has 1 aliphatic heterocycles. The normalized spacial score (nSPS) is 15.6. The number of carbonyl (C=O) groups excluding carboxylic acids is 1. The second-order valence-corrected chi connectivity index (χ2v) is 6.83. The SMILES string of the molecule is Cc1cccc(C[NH+]2CCN(C(=O)c3n[nH]c4ccccc34)CC2)c1.